The van der Waals surface area contributed by atoms with Crippen molar-refractivity contribution in [2.24, 2.45) is 0 Å². The molecule has 0 unspecified atom stereocenters. The van der Waals surface area contributed by atoms with Crippen LogP contribution in [0.3, 0.4) is 0 Å². The highest BCUT2D eigenvalue weighted by Gasteiger charge is 2.16. The molecule has 21 heavy (non-hydrogen) atoms. The van der Waals surface area contributed by atoms with Crippen molar-refractivity contribution < 1.29 is 19.1 Å². The molecule has 0 radical (unpaired) electrons. The molecular formula is C16H14FNO3. The number of hydrogen-bond acceptors (Lipinski definition) is 2. The fourth-order valence-electron chi connectivity index (χ4n) is 1.95. The molecule has 0 spiro atoms. The summed E-state index contributed by atoms with van der Waals surface area (Å²) in [7, 11) is 1.56. The molecule has 0 heterocycles. The molecule has 108 valence electrons. The molecule has 0 saturated carbocycles. The minimum absolute atomic E-state index is 0.140. The Morgan fingerprint density at radius 2 is 1.71 bits per heavy atom. The highest BCUT2D eigenvalue weighted by molar-refractivity contribution is 6.06. The predicted molar refractivity (Wildman–Crippen MR) is 77.3 cm³/mol. The molecule has 0 atom stereocenters. The molecule has 1 N–H and O–H groups in total. The van der Waals surface area contributed by atoms with E-state index < -0.39 is 11.8 Å². The van der Waals surface area contributed by atoms with Gasteiger partial charge in [-0.3, -0.25) is 4.79 Å². The van der Waals surface area contributed by atoms with Crippen LogP contribution < -0.4 is 4.90 Å². The molecule has 0 fully saturated rings. The third-order valence-electron chi connectivity index (χ3n) is 3.24. The number of carbonyl (C=O) groups is 2. The minimum Gasteiger partial charge on any atom is -0.478 e. The first kappa shape index (κ1) is 14.7. The third kappa shape index (κ3) is 3.08. The van der Waals surface area contributed by atoms with Crippen LogP contribution in [0.15, 0.2) is 42.5 Å². The molecule has 0 aliphatic carbocycles. The first-order valence-electron chi connectivity index (χ1n) is 6.27. The second-order valence-electron chi connectivity index (χ2n) is 4.68. The van der Waals surface area contributed by atoms with Crippen molar-refractivity contribution in [1.82, 2.24) is 0 Å². The van der Waals surface area contributed by atoms with Crippen molar-refractivity contribution >= 4 is 17.6 Å². The van der Waals surface area contributed by atoms with E-state index >= 15 is 0 Å². The highest BCUT2D eigenvalue weighted by Crippen LogP contribution is 2.19. The fraction of sp³-hybridized carbons (Fsp3) is 0.125. The first-order valence-corrected chi connectivity index (χ1v) is 6.27. The number of carbonyl (C=O) groups excluding carboxylic acids is 1. The van der Waals surface area contributed by atoms with Gasteiger partial charge in [0, 0.05) is 18.3 Å². The number of rotatable bonds is 3. The largest absolute Gasteiger partial charge is 0.478 e. The van der Waals surface area contributed by atoms with Crippen molar-refractivity contribution in [1.29, 1.82) is 0 Å². The second-order valence-corrected chi connectivity index (χ2v) is 4.68. The van der Waals surface area contributed by atoms with Gasteiger partial charge in [-0.25, -0.2) is 9.18 Å². The van der Waals surface area contributed by atoms with Crippen molar-refractivity contribution in [2.45, 2.75) is 6.92 Å². The Bertz CT molecular complexity index is 695. The minimum atomic E-state index is -1.03. The van der Waals surface area contributed by atoms with E-state index in [0.29, 0.717) is 11.3 Å². The molecule has 1 amide bonds. The lowest BCUT2D eigenvalue weighted by Crippen LogP contribution is -2.27. The standard InChI is InChI=1S/C16H14FNO3/c1-10-3-6-12(17)9-14(10)15(19)18(2)13-7-4-11(5-8-13)16(20)21/h3-9H,1-2H3,(H,20,21). The van der Waals surface area contributed by atoms with Crippen molar-refractivity contribution in [3.63, 3.8) is 0 Å². The maximum absolute atomic E-state index is 13.3. The summed E-state index contributed by atoms with van der Waals surface area (Å²) < 4.78 is 13.3. The molecular weight excluding hydrogens is 273 g/mol. The Hall–Kier alpha value is -2.69. The summed E-state index contributed by atoms with van der Waals surface area (Å²) in [6.07, 6.45) is 0. The van der Waals surface area contributed by atoms with Gasteiger partial charge in [-0.2, -0.15) is 0 Å². The number of anilines is 1. The number of aromatic carboxylic acids is 1. The maximum atomic E-state index is 13.3. The Kier molecular flexibility index (Phi) is 4.03. The van der Waals surface area contributed by atoms with Gasteiger partial charge in [-0.1, -0.05) is 6.07 Å². The molecule has 2 aromatic carbocycles. The van der Waals surface area contributed by atoms with Crippen LogP contribution in [0, 0.1) is 12.7 Å². The van der Waals surface area contributed by atoms with Gasteiger partial charge in [0.25, 0.3) is 5.91 Å². The number of benzene rings is 2. The van der Waals surface area contributed by atoms with Gasteiger partial charge in [0.2, 0.25) is 0 Å². The molecule has 0 aromatic heterocycles. The lowest BCUT2D eigenvalue weighted by atomic mass is 10.1. The number of aryl methyl sites for hydroxylation is 1. The van der Waals surface area contributed by atoms with E-state index in [9.17, 15) is 14.0 Å². The third-order valence-corrected chi connectivity index (χ3v) is 3.24. The molecule has 5 heteroatoms. The molecule has 0 saturated heterocycles. The summed E-state index contributed by atoms with van der Waals surface area (Å²) in [6, 6.07) is 9.95. The Morgan fingerprint density at radius 3 is 2.29 bits per heavy atom. The van der Waals surface area contributed by atoms with E-state index in [4.69, 9.17) is 5.11 Å². The molecule has 2 aromatic rings. The summed E-state index contributed by atoms with van der Waals surface area (Å²) >= 11 is 0. The number of halogens is 1. The van der Waals surface area contributed by atoms with Crippen LogP contribution in [0.1, 0.15) is 26.3 Å². The number of carboxylic acid groups (broad SMARTS) is 1. The van der Waals surface area contributed by atoms with Crippen LogP contribution in [0.5, 0.6) is 0 Å². The number of hydrogen-bond donors (Lipinski definition) is 1. The second kappa shape index (κ2) is 5.75. The average Bonchev–Trinajstić information content (AvgIpc) is 2.48. The van der Waals surface area contributed by atoms with E-state index in [2.05, 4.69) is 0 Å². The van der Waals surface area contributed by atoms with Gasteiger partial charge in [-0.15, -0.1) is 0 Å². The lowest BCUT2D eigenvalue weighted by Gasteiger charge is -2.18. The average molecular weight is 287 g/mol. The van der Waals surface area contributed by atoms with Gasteiger partial charge in [0.1, 0.15) is 5.82 Å². The van der Waals surface area contributed by atoms with E-state index in [1.54, 1.807) is 20.0 Å². The van der Waals surface area contributed by atoms with Gasteiger partial charge < -0.3 is 10.0 Å². The zero-order valence-corrected chi connectivity index (χ0v) is 11.6. The quantitative estimate of drug-likeness (QED) is 0.943. The van der Waals surface area contributed by atoms with Crippen LogP contribution in [0.4, 0.5) is 10.1 Å². The molecule has 0 bridgehead atoms. The predicted octanol–water partition coefficient (Wildman–Crippen LogP) is 3.11. The van der Waals surface area contributed by atoms with E-state index in [1.165, 1.54) is 41.3 Å². The SMILES string of the molecule is Cc1ccc(F)cc1C(=O)N(C)c1ccc(C(=O)O)cc1. The lowest BCUT2D eigenvalue weighted by molar-refractivity contribution is 0.0696. The summed E-state index contributed by atoms with van der Waals surface area (Å²) in [6.45, 7) is 1.73. The monoisotopic (exact) mass is 287 g/mol. The number of amides is 1. The van der Waals surface area contributed by atoms with Crippen molar-refractivity contribution in [2.75, 3.05) is 11.9 Å². The van der Waals surface area contributed by atoms with Crippen molar-refractivity contribution in [3.05, 3.63) is 65.0 Å². The summed E-state index contributed by atoms with van der Waals surface area (Å²) in [5.41, 5.74) is 1.63. The Morgan fingerprint density at radius 1 is 1.10 bits per heavy atom. The topological polar surface area (TPSA) is 57.6 Å². The highest BCUT2D eigenvalue weighted by atomic mass is 19.1. The van der Waals surface area contributed by atoms with Crippen LogP contribution in [0.2, 0.25) is 0 Å². The fourth-order valence-corrected chi connectivity index (χ4v) is 1.95. The smallest absolute Gasteiger partial charge is 0.335 e. The molecule has 0 aliphatic heterocycles. The molecule has 4 nitrogen and oxygen atoms in total. The van der Waals surface area contributed by atoms with E-state index in [0.717, 1.165) is 0 Å². The normalized spacial score (nSPS) is 10.2. The summed E-state index contributed by atoms with van der Waals surface area (Å²) in [4.78, 5) is 24.5. The van der Waals surface area contributed by atoms with Gasteiger partial charge in [0.05, 0.1) is 5.56 Å². The van der Waals surface area contributed by atoms with Gasteiger partial charge >= 0.3 is 5.97 Å². The first-order chi connectivity index (χ1) is 9.90. The van der Waals surface area contributed by atoms with Gasteiger partial charge in [-0.05, 0) is 48.9 Å². The van der Waals surface area contributed by atoms with Crippen LogP contribution in [-0.4, -0.2) is 24.0 Å². The maximum Gasteiger partial charge on any atom is 0.335 e. The van der Waals surface area contributed by atoms with Crippen molar-refractivity contribution in [3.8, 4) is 0 Å². The molecule has 0 aliphatic rings. The van der Waals surface area contributed by atoms with Crippen LogP contribution >= 0.6 is 0 Å². The Balaban J connectivity index is 2.30. The van der Waals surface area contributed by atoms with Crippen LogP contribution in [-0.2, 0) is 0 Å². The van der Waals surface area contributed by atoms with Gasteiger partial charge in [0.15, 0.2) is 0 Å². The Labute approximate surface area is 121 Å². The zero-order valence-electron chi connectivity index (χ0n) is 11.6. The van der Waals surface area contributed by atoms with E-state index in [1.807, 2.05) is 0 Å². The number of carboxylic acids is 1. The zero-order chi connectivity index (χ0) is 15.6. The summed E-state index contributed by atoms with van der Waals surface area (Å²) in [5.74, 6) is -1.86. The number of nitrogens with zero attached hydrogens (tertiary/aromatic N) is 1. The molecule has 2 rings (SSSR count). The summed E-state index contributed by atoms with van der Waals surface area (Å²) in [5, 5.41) is 8.85. The van der Waals surface area contributed by atoms with E-state index in [-0.39, 0.29) is 17.0 Å². The van der Waals surface area contributed by atoms with Crippen LogP contribution in [0.25, 0.3) is 0 Å².